The van der Waals surface area contributed by atoms with Crippen LogP contribution in [-0.4, -0.2) is 63.3 Å². The summed E-state index contributed by atoms with van der Waals surface area (Å²) in [5.74, 6) is 2.86. The normalized spacial score (nSPS) is 16.5. The highest BCUT2D eigenvalue weighted by molar-refractivity contribution is 5.91. The van der Waals surface area contributed by atoms with Gasteiger partial charge < -0.3 is 37.9 Å². The van der Waals surface area contributed by atoms with Crippen LogP contribution in [0.25, 0.3) is 0 Å². The number of epoxide rings is 2. The van der Waals surface area contributed by atoms with Crippen molar-refractivity contribution in [3.8, 4) is 34.5 Å². The molecule has 6 rings (SSSR count). The van der Waals surface area contributed by atoms with E-state index in [-0.39, 0.29) is 18.3 Å². The number of unbranched alkanes of at least 4 members (excludes halogenated alkanes) is 3. The van der Waals surface area contributed by atoms with E-state index in [2.05, 4.69) is 0 Å². The van der Waals surface area contributed by atoms with Crippen molar-refractivity contribution in [1.82, 2.24) is 0 Å². The predicted octanol–water partition coefficient (Wildman–Crippen LogP) is 7.48. The van der Waals surface area contributed by atoms with Crippen molar-refractivity contribution in [2.24, 2.45) is 0 Å². The van der Waals surface area contributed by atoms with Gasteiger partial charge >= 0.3 is 11.9 Å². The molecule has 0 aromatic heterocycles. The van der Waals surface area contributed by atoms with Gasteiger partial charge in [-0.2, -0.15) is 0 Å². The number of hydrogen-bond donors (Lipinski definition) is 0. The van der Waals surface area contributed by atoms with Crippen molar-refractivity contribution in [3.63, 3.8) is 0 Å². The molecule has 0 aliphatic carbocycles. The molecule has 4 aromatic carbocycles. The van der Waals surface area contributed by atoms with Crippen LogP contribution in [0.5, 0.6) is 34.5 Å². The Balaban J connectivity index is 0.806. The number of rotatable bonds is 20. The van der Waals surface area contributed by atoms with Crippen LogP contribution < -0.4 is 28.4 Å². The molecule has 2 saturated heterocycles. The van der Waals surface area contributed by atoms with Gasteiger partial charge in [-0.25, -0.2) is 9.59 Å². The lowest BCUT2D eigenvalue weighted by molar-refractivity contribution is 0.0725. The molecule has 0 N–H and O–H groups in total. The molecule has 0 saturated carbocycles. The van der Waals surface area contributed by atoms with E-state index in [1.165, 1.54) is 0 Å². The number of ether oxygens (including phenoxy) is 8. The third kappa shape index (κ3) is 11.5. The molecule has 4 aromatic rings. The van der Waals surface area contributed by atoms with Crippen molar-refractivity contribution >= 4 is 11.9 Å². The van der Waals surface area contributed by atoms with Crippen LogP contribution in [0.1, 0.15) is 59.7 Å². The Bertz CT molecular complexity index is 1640. The summed E-state index contributed by atoms with van der Waals surface area (Å²) < 4.78 is 44.4. The van der Waals surface area contributed by atoms with Crippen molar-refractivity contribution in [3.05, 3.63) is 108 Å². The minimum Gasteiger partial charge on any atom is -0.494 e. The number of carbonyl (C=O) groups is 2. The molecule has 50 heavy (non-hydrogen) atoms. The second kappa shape index (κ2) is 17.6. The largest absolute Gasteiger partial charge is 0.494 e. The molecule has 10 heteroatoms. The van der Waals surface area contributed by atoms with Crippen molar-refractivity contribution in [2.75, 3.05) is 33.0 Å². The first kappa shape index (κ1) is 34.8. The molecule has 10 nitrogen and oxygen atoms in total. The SMILES string of the molecule is CC(CCCCCCOc1ccc(C(=O)Oc2ccc(OCC3CO3)cc2)cc1)Oc1ccc(C(=O)Oc2ccc(OCC3CO3)cc2)cc1. The molecule has 262 valence electrons. The molecule has 0 bridgehead atoms. The molecule has 0 amide bonds. The van der Waals surface area contributed by atoms with Crippen LogP contribution in [-0.2, 0) is 9.47 Å². The van der Waals surface area contributed by atoms with Crippen molar-refractivity contribution < 1.29 is 47.5 Å². The monoisotopic (exact) mass is 682 g/mol. The Morgan fingerprint density at radius 1 is 0.560 bits per heavy atom. The fraction of sp³-hybridized carbons (Fsp3) is 0.350. The number of hydrogen-bond acceptors (Lipinski definition) is 10. The lowest BCUT2D eigenvalue weighted by atomic mass is 10.1. The van der Waals surface area contributed by atoms with E-state index in [4.69, 9.17) is 37.9 Å². The fourth-order valence-corrected chi connectivity index (χ4v) is 4.97. The number of carbonyl (C=O) groups excluding carboxylic acids is 2. The van der Waals surface area contributed by atoms with Gasteiger partial charge in [0.1, 0.15) is 59.9 Å². The summed E-state index contributed by atoms with van der Waals surface area (Å²) in [6, 6.07) is 27.9. The van der Waals surface area contributed by atoms with E-state index in [0.717, 1.165) is 45.3 Å². The molecule has 2 aliphatic rings. The Hall–Kier alpha value is -5.06. The fourth-order valence-electron chi connectivity index (χ4n) is 4.97. The topological polar surface area (TPSA) is 115 Å². The maximum Gasteiger partial charge on any atom is 0.343 e. The van der Waals surface area contributed by atoms with Gasteiger partial charge in [0.15, 0.2) is 0 Å². The minimum absolute atomic E-state index is 0.0438. The molecular weight excluding hydrogens is 640 g/mol. The first-order valence-electron chi connectivity index (χ1n) is 17.1. The molecule has 0 spiro atoms. The molecule has 3 unspecified atom stereocenters. The third-order valence-electron chi connectivity index (χ3n) is 8.04. The highest BCUT2D eigenvalue weighted by Crippen LogP contribution is 2.23. The maximum absolute atomic E-state index is 12.6. The second-order valence-corrected chi connectivity index (χ2v) is 12.3. The first-order valence-corrected chi connectivity index (χ1v) is 17.1. The quantitative estimate of drug-likeness (QED) is 0.0402. The molecule has 2 aliphatic heterocycles. The van der Waals surface area contributed by atoms with Gasteiger partial charge in [0.2, 0.25) is 0 Å². The van der Waals surface area contributed by atoms with Crippen LogP contribution in [0.15, 0.2) is 97.1 Å². The maximum atomic E-state index is 12.6. The van der Waals surface area contributed by atoms with Gasteiger partial charge in [-0.1, -0.05) is 12.8 Å². The minimum atomic E-state index is -0.435. The first-order chi connectivity index (χ1) is 24.5. The zero-order valence-electron chi connectivity index (χ0n) is 28.1. The predicted molar refractivity (Wildman–Crippen MR) is 185 cm³/mol. The van der Waals surface area contributed by atoms with E-state index in [0.29, 0.717) is 65.4 Å². The zero-order chi connectivity index (χ0) is 34.5. The van der Waals surface area contributed by atoms with Gasteiger partial charge in [-0.15, -0.1) is 0 Å². The summed E-state index contributed by atoms with van der Waals surface area (Å²) >= 11 is 0. The van der Waals surface area contributed by atoms with Gasteiger partial charge in [0.05, 0.1) is 37.1 Å². The summed E-state index contributed by atoms with van der Waals surface area (Å²) in [7, 11) is 0. The summed E-state index contributed by atoms with van der Waals surface area (Å²) in [5.41, 5.74) is 0.891. The third-order valence-corrected chi connectivity index (χ3v) is 8.04. The van der Waals surface area contributed by atoms with Crippen LogP contribution >= 0.6 is 0 Å². The van der Waals surface area contributed by atoms with Crippen LogP contribution in [0.2, 0.25) is 0 Å². The van der Waals surface area contributed by atoms with Crippen molar-refractivity contribution in [2.45, 2.75) is 57.3 Å². The van der Waals surface area contributed by atoms with E-state index in [1.807, 2.05) is 6.92 Å². The Morgan fingerprint density at radius 2 is 0.960 bits per heavy atom. The van der Waals surface area contributed by atoms with Crippen molar-refractivity contribution in [1.29, 1.82) is 0 Å². The summed E-state index contributed by atoms with van der Waals surface area (Å²) in [5, 5.41) is 0. The number of esters is 2. The van der Waals surface area contributed by atoms with Gasteiger partial charge in [0, 0.05) is 0 Å². The molecule has 2 heterocycles. The van der Waals surface area contributed by atoms with Gasteiger partial charge in [-0.05, 0) is 123 Å². The average molecular weight is 683 g/mol. The van der Waals surface area contributed by atoms with Crippen LogP contribution in [0.4, 0.5) is 0 Å². The Morgan fingerprint density at radius 3 is 1.44 bits per heavy atom. The highest BCUT2D eigenvalue weighted by atomic mass is 16.6. The van der Waals surface area contributed by atoms with E-state index in [9.17, 15) is 9.59 Å². The van der Waals surface area contributed by atoms with E-state index < -0.39 is 11.9 Å². The smallest absolute Gasteiger partial charge is 0.343 e. The zero-order valence-corrected chi connectivity index (χ0v) is 28.1. The van der Waals surface area contributed by atoms with Gasteiger partial charge in [-0.3, -0.25) is 0 Å². The van der Waals surface area contributed by atoms with Crippen LogP contribution in [0, 0.1) is 0 Å². The number of benzene rings is 4. The molecule has 0 radical (unpaired) electrons. The van der Waals surface area contributed by atoms with E-state index >= 15 is 0 Å². The summed E-state index contributed by atoms with van der Waals surface area (Å²) in [6.07, 6.45) is 5.40. The Kier molecular flexibility index (Phi) is 12.2. The van der Waals surface area contributed by atoms with Gasteiger partial charge in [0.25, 0.3) is 0 Å². The molecular formula is C40H42O10. The summed E-state index contributed by atoms with van der Waals surface area (Å²) in [6.45, 7) is 5.17. The molecule has 3 atom stereocenters. The van der Waals surface area contributed by atoms with Crippen LogP contribution in [0.3, 0.4) is 0 Å². The molecule has 2 fully saturated rings. The standard InChI is InChI=1S/C40H42O10/c1-28(48-34-13-9-30(10-14-34)40(42)50-36-21-17-33(18-22-36)45-25-38-27-47-38)6-4-2-3-5-23-43-31-11-7-29(8-12-31)39(41)49-35-19-15-32(16-20-35)44-24-37-26-46-37/h7-22,28,37-38H,2-6,23-27H2,1H3. The highest BCUT2D eigenvalue weighted by Gasteiger charge is 2.23. The lowest BCUT2D eigenvalue weighted by Crippen LogP contribution is -2.12. The Labute approximate surface area is 292 Å². The van der Waals surface area contributed by atoms with E-state index in [1.54, 1.807) is 97.1 Å². The summed E-state index contributed by atoms with van der Waals surface area (Å²) in [4.78, 5) is 25.1. The lowest BCUT2D eigenvalue weighted by Gasteiger charge is -2.15. The second-order valence-electron chi connectivity index (χ2n) is 12.3. The average Bonchev–Trinajstić information content (AvgIpc) is 4.08.